The molecule has 176 valence electrons. The first-order chi connectivity index (χ1) is 16.5. The summed E-state index contributed by atoms with van der Waals surface area (Å²) in [4.78, 5) is 39.1. The Kier molecular flexibility index (Phi) is 5.08. The number of carbonyl (C=O) groups excluding carboxylic acids is 2. The summed E-state index contributed by atoms with van der Waals surface area (Å²) >= 11 is 0. The highest BCUT2D eigenvalue weighted by Gasteiger charge is 2.58. The van der Waals surface area contributed by atoms with Gasteiger partial charge in [-0.3, -0.25) is 9.59 Å². The molecule has 3 fully saturated rings. The lowest BCUT2D eigenvalue weighted by Gasteiger charge is -2.30. The van der Waals surface area contributed by atoms with E-state index >= 15 is 0 Å². The number of nitrogens with zero attached hydrogens (tertiary/aromatic N) is 1. The Morgan fingerprint density at radius 2 is 1.62 bits per heavy atom. The maximum absolute atomic E-state index is 13.3. The van der Waals surface area contributed by atoms with Crippen molar-refractivity contribution in [2.24, 2.45) is 23.7 Å². The van der Waals surface area contributed by atoms with Gasteiger partial charge in [-0.15, -0.1) is 0 Å². The van der Waals surface area contributed by atoms with Gasteiger partial charge in [-0.2, -0.15) is 0 Å². The summed E-state index contributed by atoms with van der Waals surface area (Å²) in [6.45, 7) is 1.23. The molecule has 4 atom stereocenters. The van der Waals surface area contributed by atoms with Crippen LogP contribution in [0.3, 0.4) is 0 Å². The highest BCUT2D eigenvalue weighted by atomic mass is 16.5. The van der Waals surface area contributed by atoms with Crippen molar-refractivity contribution in [3.63, 3.8) is 0 Å². The Morgan fingerprint density at radius 3 is 2.24 bits per heavy atom. The Balaban J connectivity index is 1.10. The van der Waals surface area contributed by atoms with Gasteiger partial charge < -0.3 is 20.1 Å². The second-order valence-corrected chi connectivity index (χ2v) is 10.0. The first-order valence-corrected chi connectivity index (χ1v) is 12.2. The SMILES string of the molecule is O=C(NC(C(=O)N1CCC2C(C1)C2C(=O)O)C1CC1)OCC1c2ccccc2-c2ccccc21. The van der Waals surface area contributed by atoms with Crippen LogP contribution in [0.15, 0.2) is 48.5 Å². The number of aliphatic carboxylic acids is 1. The molecule has 2 saturated carbocycles. The van der Waals surface area contributed by atoms with Crippen LogP contribution in [0.1, 0.15) is 36.3 Å². The van der Waals surface area contributed by atoms with Crippen molar-refractivity contribution in [2.45, 2.75) is 31.2 Å². The van der Waals surface area contributed by atoms with Crippen LogP contribution in [0.5, 0.6) is 0 Å². The number of benzene rings is 2. The van der Waals surface area contributed by atoms with E-state index in [4.69, 9.17) is 4.74 Å². The summed E-state index contributed by atoms with van der Waals surface area (Å²) in [5, 5.41) is 12.2. The molecule has 6 rings (SSSR count). The number of carboxylic acid groups (broad SMARTS) is 1. The standard InChI is InChI=1S/C27H28N2O5/c30-25(29-12-11-20-21(13-29)23(20)26(31)32)24(15-9-10-15)28-27(33)34-14-22-18-7-3-1-5-16(18)17-6-2-4-8-19(17)22/h1-8,15,20-24H,9-14H2,(H,28,33)(H,31,32). The van der Waals surface area contributed by atoms with Gasteiger partial charge in [0.2, 0.25) is 5.91 Å². The van der Waals surface area contributed by atoms with Crippen molar-refractivity contribution < 1.29 is 24.2 Å². The number of carboxylic acids is 1. The first-order valence-electron chi connectivity index (χ1n) is 12.2. The number of likely N-dealkylation sites (tertiary alicyclic amines) is 1. The lowest BCUT2D eigenvalue weighted by Crippen LogP contribution is -2.51. The zero-order valence-corrected chi connectivity index (χ0v) is 18.9. The molecule has 0 spiro atoms. The monoisotopic (exact) mass is 460 g/mol. The van der Waals surface area contributed by atoms with E-state index in [0.717, 1.165) is 30.4 Å². The number of hydrogen-bond acceptors (Lipinski definition) is 4. The molecule has 7 nitrogen and oxygen atoms in total. The van der Waals surface area contributed by atoms with E-state index in [1.54, 1.807) is 4.90 Å². The molecule has 0 radical (unpaired) electrons. The van der Waals surface area contributed by atoms with Crippen LogP contribution in [0.25, 0.3) is 11.1 Å². The number of alkyl carbamates (subject to hydrolysis) is 1. The van der Waals surface area contributed by atoms with Gasteiger partial charge in [-0.25, -0.2) is 4.79 Å². The number of carbonyl (C=O) groups is 3. The van der Waals surface area contributed by atoms with Crippen molar-refractivity contribution in [3.05, 3.63) is 59.7 Å². The average Bonchev–Trinajstić information content (AvgIpc) is 3.77. The summed E-state index contributed by atoms with van der Waals surface area (Å²) in [5.74, 6) is -0.867. The van der Waals surface area contributed by atoms with Crippen molar-refractivity contribution in [1.29, 1.82) is 0 Å². The fourth-order valence-corrected chi connectivity index (χ4v) is 6.08. The molecule has 1 aliphatic heterocycles. The average molecular weight is 461 g/mol. The predicted molar refractivity (Wildman–Crippen MR) is 124 cm³/mol. The molecule has 2 aromatic rings. The van der Waals surface area contributed by atoms with Gasteiger partial charge in [0.25, 0.3) is 0 Å². The Bertz CT molecular complexity index is 1110. The van der Waals surface area contributed by atoms with Crippen molar-refractivity contribution in [3.8, 4) is 11.1 Å². The van der Waals surface area contributed by atoms with E-state index in [1.807, 2.05) is 24.3 Å². The topological polar surface area (TPSA) is 95.9 Å². The molecule has 2 N–H and O–H groups in total. The molecule has 7 heteroatoms. The zero-order chi connectivity index (χ0) is 23.4. The van der Waals surface area contributed by atoms with Crippen molar-refractivity contribution in [1.82, 2.24) is 10.2 Å². The summed E-state index contributed by atoms with van der Waals surface area (Å²) in [7, 11) is 0. The molecular weight excluding hydrogens is 432 g/mol. The van der Waals surface area contributed by atoms with E-state index in [-0.39, 0.29) is 42.1 Å². The maximum atomic E-state index is 13.3. The third kappa shape index (κ3) is 3.63. The maximum Gasteiger partial charge on any atom is 0.407 e. The minimum Gasteiger partial charge on any atom is -0.481 e. The summed E-state index contributed by atoms with van der Waals surface area (Å²) in [5.41, 5.74) is 4.63. The third-order valence-corrected chi connectivity index (χ3v) is 8.07. The number of ether oxygens (including phenoxy) is 1. The molecule has 4 aliphatic rings. The third-order valence-electron chi connectivity index (χ3n) is 8.07. The first kappa shape index (κ1) is 21.2. The molecule has 2 amide bonds. The largest absolute Gasteiger partial charge is 0.481 e. The van der Waals surface area contributed by atoms with Crippen LogP contribution in [0.4, 0.5) is 4.79 Å². The minimum atomic E-state index is -0.764. The number of piperidine rings is 1. The smallest absolute Gasteiger partial charge is 0.407 e. The number of hydrogen-bond donors (Lipinski definition) is 2. The summed E-state index contributed by atoms with van der Waals surface area (Å²) < 4.78 is 5.66. The predicted octanol–water partition coefficient (Wildman–Crippen LogP) is 3.48. The Hall–Kier alpha value is -3.35. The van der Waals surface area contributed by atoms with Gasteiger partial charge in [0.1, 0.15) is 12.6 Å². The van der Waals surface area contributed by atoms with Crippen LogP contribution >= 0.6 is 0 Å². The van der Waals surface area contributed by atoms with E-state index in [2.05, 4.69) is 29.6 Å². The molecule has 0 aromatic heterocycles. The van der Waals surface area contributed by atoms with Crippen LogP contribution in [-0.4, -0.2) is 53.7 Å². The summed E-state index contributed by atoms with van der Waals surface area (Å²) in [6.07, 6.45) is 1.95. The molecule has 4 unspecified atom stereocenters. The second kappa shape index (κ2) is 8.15. The highest BCUT2D eigenvalue weighted by Crippen LogP contribution is 2.52. The highest BCUT2D eigenvalue weighted by molar-refractivity contribution is 5.87. The Labute approximate surface area is 198 Å². The van der Waals surface area contributed by atoms with Gasteiger partial charge in [-0.05, 0) is 59.3 Å². The molecular formula is C27H28N2O5. The number of rotatable bonds is 6. The van der Waals surface area contributed by atoms with Crippen molar-refractivity contribution in [2.75, 3.05) is 19.7 Å². The van der Waals surface area contributed by atoms with E-state index in [0.29, 0.717) is 13.1 Å². The molecule has 3 aliphatic carbocycles. The van der Waals surface area contributed by atoms with E-state index in [1.165, 1.54) is 11.1 Å². The lowest BCUT2D eigenvalue weighted by atomic mass is 9.98. The van der Waals surface area contributed by atoms with Crippen LogP contribution < -0.4 is 5.32 Å². The minimum absolute atomic E-state index is 0.0323. The van der Waals surface area contributed by atoms with Crippen LogP contribution in [-0.2, 0) is 14.3 Å². The van der Waals surface area contributed by atoms with Crippen LogP contribution in [0, 0.1) is 23.7 Å². The fourth-order valence-electron chi connectivity index (χ4n) is 6.08. The van der Waals surface area contributed by atoms with Gasteiger partial charge in [0.15, 0.2) is 0 Å². The molecule has 34 heavy (non-hydrogen) atoms. The van der Waals surface area contributed by atoms with Gasteiger partial charge in [0, 0.05) is 19.0 Å². The fraction of sp³-hybridized carbons (Fsp3) is 0.444. The van der Waals surface area contributed by atoms with Gasteiger partial charge in [0.05, 0.1) is 5.92 Å². The van der Waals surface area contributed by atoms with Gasteiger partial charge in [-0.1, -0.05) is 48.5 Å². The van der Waals surface area contributed by atoms with E-state index in [9.17, 15) is 19.5 Å². The molecule has 2 aromatic carbocycles. The number of amides is 2. The second-order valence-electron chi connectivity index (χ2n) is 10.0. The number of fused-ring (bicyclic) bond motifs is 4. The van der Waals surface area contributed by atoms with E-state index < -0.39 is 18.1 Å². The van der Waals surface area contributed by atoms with Crippen molar-refractivity contribution >= 4 is 18.0 Å². The van der Waals surface area contributed by atoms with Gasteiger partial charge >= 0.3 is 12.1 Å². The number of nitrogens with one attached hydrogen (secondary N) is 1. The molecule has 1 heterocycles. The Morgan fingerprint density at radius 1 is 0.971 bits per heavy atom. The molecule has 0 bridgehead atoms. The molecule has 1 saturated heterocycles. The quantitative estimate of drug-likeness (QED) is 0.688. The lowest BCUT2D eigenvalue weighted by molar-refractivity contribution is -0.139. The normalized spacial score (nSPS) is 25.5. The zero-order valence-electron chi connectivity index (χ0n) is 18.9. The van der Waals surface area contributed by atoms with Crippen LogP contribution in [0.2, 0.25) is 0 Å². The summed E-state index contributed by atoms with van der Waals surface area (Å²) in [6, 6.07) is 15.8.